The molecule has 1 unspecified atom stereocenters. The third-order valence-corrected chi connectivity index (χ3v) is 3.89. The van der Waals surface area contributed by atoms with Crippen LogP contribution in [0.4, 0.5) is 0 Å². The van der Waals surface area contributed by atoms with Crippen LogP contribution in [0.2, 0.25) is 0 Å². The highest BCUT2D eigenvalue weighted by Gasteiger charge is 2.23. The summed E-state index contributed by atoms with van der Waals surface area (Å²) in [7, 11) is 4.53. The molecule has 2 fully saturated rings. The standard InChI is InChI=1S/C12H25N3/c1-14(9-11-5-3-7-13-11)10-12-6-4-8-15(12)2/h11-13H,3-10H2,1-2H3/t11-,12?/m0/s1. The Morgan fingerprint density at radius 2 is 2.13 bits per heavy atom. The van der Waals surface area contributed by atoms with E-state index in [2.05, 4.69) is 29.2 Å². The lowest BCUT2D eigenvalue weighted by Gasteiger charge is -2.27. The highest BCUT2D eigenvalue weighted by atomic mass is 15.2. The molecule has 0 radical (unpaired) electrons. The first-order valence-electron chi connectivity index (χ1n) is 6.38. The van der Waals surface area contributed by atoms with E-state index in [1.165, 1.54) is 51.9 Å². The molecule has 2 aliphatic rings. The van der Waals surface area contributed by atoms with Gasteiger partial charge in [-0.25, -0.2) is 0 Å². The molecule has 0 aromatic heterocycles. The Hall–Kier alpha value is -0.120. The number of likely N-dealkylation sites (tertiary alicyclic amines) is 1. The minimum atomic E-state index is 0.752. The van der Waals surface area contributed by atoms with Crippen molar-refractivity contribution in [3.05, 3.63) is 0 Å². The summed E-state index contributed by atoms with van der Waals surface area (Å²) >= 11 is 0. The van der Waals surface area contributed by atoms with Crippen LogP contribution in [-0.2, 0) is 0 Å². The van der Waals surface area contributed by atoms with Crippen molar-refractivity contribution in [1.82, 2.24) is 15.1 Å². The van der Waals surface area contributed by atoms with Crippen molar-refractivity contribution in [1.29, 1.82) is 0 Å². The molecular formula is C12H25N3. The Kier molecular flexibility index (Phi) is 4.00. The minimum Gasteiger partial charge on any atom is -0.313 e. The first-order valence-corrected chi connectivity index (χ1v) is 6.38. The van der Waals surface area contributed by atoms with E-state index in [1.54, 1.807) is 0 Å². The number of nitrogens with one attached hydrogen (secondary N) is 1. The van der Waals surface area contributed by atoms with Crippen molar-refractivity contribution in [3.8, 4) is 0 Å². The molecule has 2 atom stereocenters. The maximum absolute atomic E-state index is 3.57. The van der Waals surface area contributed by atoms with E-state index in [-0.39, 0.29) is 0 Å². The van der Waals surface area contributed by atoms with Gasteiger partial charge in [-0.1, -0.05) is 0 Å². The number of likely N-dealkylation sites (N-methyl/N-ethyl adjacent to an activating group) is 2. The molecule has 2 heterocycles. The summed E-state index contributed by atoms with van der Waals surface area (Å²) in [5, 5.41) is 3.57. The summed E-state index contributed by atoms with van der Waals surface area (Å²) in [6, 6.07) is 1.55. The summed E-state index contributed by atoms with van der Waals surface area (Å²) in [4.78, 5) is 5.02. The fourth-order valence-electron chi connectivity index (χ4n) is 2.93. The molecule has 0 aromatic rings. The van der Waals surface area contributed by atoms with E-state index < -0.39 is 0 Å². The van der Waals surface area contributed by atoms with E-state index in [0.717, 1.165) is 12.1 Å². The molecule has 0 aromatic carbocycles. The van der Waals surface area contributed by atoms with Crippen LogP contribution in [0, 0.1) is 0 Å². The molecule has 0 amide bonds. The van der Waals surface area contributed by atoms with E-state index in [0.29, 0.717) is 0 Å². The Labute approximate surface area is 93.8 Å². The van der Waals surface area contributed by atoms with Crippen molar-refractivity contribution in [2.75, 3.05) is 40.3 Å². The lowest BCUT2D eigenvalue weighted by Crippen LogP contribution is -2.42. The molecule has 0 saturated carbocycles. The number of hydrogen-bond acceptors (Lipinski definition) is 3. The smallest absolute Gasteiger partial charge is 0.0220 e. The fourth-order valence-corrected chi connectivity index (χ4v) is 2.93. The fraction of sp³-hybridized carbons (Fsp3) is 1.00. The van der Waals surface area contributed by atoms with E-state index >= 15 is 0 Å². The van der Waals surface area contributed by atoms with Crippen LogP contribution < -0.4 is 5.32 Å². The highest BCUT2D eigenvalue weighted by molar-refractivity contribution is 4.82. The minimum absolute atomic E-state index is 0.752. The second-order valence-electron chi connectivity index (χ2n) is 5.29. The third-order valence-electron chi connectivity index (χ3n) is 3.89. The molecule has 0 aliphatic carbocycles. The predicted octanol–water partition coefficient (Wildman–Crippen LogP) is 0.764. The van der Waals surface area contributed by atoms with E-state index in [9.17, 15) is 0 Å². The zero-order valence-electron chi connectivity index (χ0n) is 10.2. The van der Waals surface area contributed by atoms with Gasteiger partial charge in [0.1, 0.15) is 0 Å². The maximum Gasteiger partial charge on any atom is 0.0220 e. The number of nitrogens with zero attached hydrogens (tertiary/aromatic N) is 2. The molecule has 2 saturated heterocycles. The van der Waals surface area contributed by atoms with Crippen LogP contribution in [0.3, 0.4) is 0 Å². The van der Waals surface area contributed by atoms with Gasteiger partial charge < -0.3 is 15.1 Å². The molecule has 2 aliphatic heterocycles. The summed E-state index contributed by atoms with van der Waals surface area (Å²) in [5.74, 6) is 0. The van der Waals surface area contributed by atoms with Gasteiger partial charge in [0.2, 0.25) is 0 Å². The van der Waals surface area contributed by atoms with Crippen molar-refractivity contribution in [2.24, 2.45) is 0 Å². The normalized spacial score (nSPS) is 33.0. The van der Waals surface area contributed by atoms with Gasteiger partial charge in [0, 0.05) is 25.2 Å². The first-order chi connectivity index (χ1) is 7.25. The molecule has 0 spiro atoms. The van der Waals surface area contributed by atoms with Crippen LogP contribution >= 0.6 is 0 Å². The Morgan fingerprint density at radius 1 is 1.27 bits per heavy atom. The van der Waals surface area contributed by atoms with Crippen molar-refractivity contribution >= 4 is 0 Å². The molecule has 88 valence electrons. The third kappa shape index (κ3) is 3.16. The Morgan fingerprint density at radius 3 is 2.73 bits per heavy atom. The zero-order chi connectivity index (χ0) is 10.7. The number of rotatable bonds is 4. The SMILES string of the molecule is CN(CC1CCCN1C)C[C@@H]1CCCN1. The van der Waals surface area contributed by atoms with Crippen LogP contribution in [0.15, 0.2) is 0 Å². The molecule has 15 heavy (non-hydrogen) atoms. The molecule has 3 heteroatoms. The van der Waals surface area contributed by atoms with Crippen LogP contribution in [0.25, 0.3) is 0 Å². The highest BCUT2D eigenvalue weighted by Crippen LogP contribution is 2.16. The van der Waals surface area contributed by atoms with Gasteiger partial charge in [0.25, 0.3) is 0 Å². The molecule has 2 rings (SSSR count). The Bertz CT molecular complexity index is 189. The van der Waals surface area contributed by atoms with Crippen molar-refractivity contribution < 1.29 is 0 Å². The topological polar surface area (TPSA) is 18.5 Å². The van der Waals surface area contributed by atoms with Crippen LogP contribution in [0.5, 0.6) is 0 Å². The summed E-state index contributed by atoms with van der Waals surface area (Å²) in [6.07, 6.45) is 5.50. The van der Waals surface area contributed by atoms with Gasteiger partial charge in [-0.2, -0.15) is 0 Å². The van der Waals surface area contributed by atoms with E-state index in [4.69, 9.17) is 0 Å². The first kappa shape index (κ1) is 11.4. The quantitative estimate of drug-likeness (QED) is 0.741. The molecule has 1 N–H and O–H groups in total. The second kappa shape index (κ2) is 5.28. The van der Waals surface area contributed by atoms with Crippen LogP contribution in [-0.4, -0.2) is 62.2 Å². The van der Waals surface area contributed by atoms with Crippen LogP contribution in [0.1, 0.15) is 25.7 Å². The van der Waals surface area contributed by atoms with Gasteiger partial charge in [-0.3, -0.25) is 0 Å². The summed E-state index contributed by atoms with van der Waals surface area (Å²) < 4.78 is 0. The molecule has 3 nitrogen and oxygen atoms in total. The largest absolute Gasteiger partial charge is 0.313 e. The van der Waals surface area contributed by atoms with E-state index in [1.807, 2.05) is 0 Å². The monoisotopic (exact) mass is 211 g/mol. The van der Waals surface area contributed by atoms with Gasteiger partial charge in [0.05, 0.1) is 0 Å². The summed E-state index contributed by atoms with van der Waals surface area (Å²) in [5.41, 5.74) is 0. The average molecular weight is 211 g/mol. The van der Waals surface area contributed by atoms with Gasteiger partial charge in [0.15, 0.2) is 0 Å². The zero-order valence-corrected chi connectivity index (χ0v) is 10.2. The number of hydrogen-bond donors (Lipinski definition) is 1. The predicted molar refractivity (Wildman–Crippen MR) is 64.2 cm³/mol. The average Bonchev–Trinajstić information content (AvgIpc) is 2.79. The Balaban J connectivity index is 1.69. The van der Waals surface area contributed by atoms with Crippen molar-refractivity contribution in [3.63, 3.8) is 0 Å². The van der Waals surface area contributed by atoms with Crippen molar-refractivity contribution in [2.45, 2.75) is 37.8 Å². The lowest BCUT2D eigenvalue weighted by molar-refractivity contribution is 0.209. The van der Waals surface area contributed by atoms with Gasteiger partial charge >= 0.3 is 0 Å². The van der Waals surface area contributed by atoms with Gasteiger partial charge in [-0.15, -0.1) is 0 Å². The lowest BCUT2D eigenvalue weighted by atomic mass is 10.2. The molecular weight excluding hydrogens is 186 g/mol. The molecule has 0 bridgehead atoms. The second-order valence-corrected chi connectivity index (χ2v) is 5.29. The van der Waals surface area contributed by atoms with Gasteiger partial charge in [-0.05, 0) is 52.9 Å². The maximum atomic E-state index is 3.57. The summed E-state index contributed by atoms with van der Waals surface area (Å²) in [6.45, 7) is 4.99.